The lowest BCUT2D eigenvalue weighted by atomic mass is 10.1. The first-order chi connectivity index (χ1) is 8.49. The van der Waals surface area contributed by atoms with E-state index in [0.717, 1.165) is 0 Å². The van der Waals surface area contributed by atoms with Gasteiger partial charge in [0.05, 0.1) is 12.1 Å². The Morgan fingerprint density at radius 3 is 2.67 bits per heavy atom. The highest BCUT2D eigenvalue weighted by Gasteiger charge is 2.19. The lowest BCUT2D eigenvalue weighted by molar-refractivity contribution is -0.121. The van der Waals surface area contributed by atoms with E-state index in [4.69, 9.17) is 0 Å². The second-order valence-electron chi connectivity index (χ2n) is 3.65. The number of benzene rings is 1. The maximum atomic E-state index is 12.2. The van der Waals surface area contributed by atoms with Crippen LogP contribution in [0.15, 0.2) is 22.7 Å². The molecule has 0 fully saturated rings. The molecule has 0 saturated heterocycles. The van der Waals surface area contributed by atoms with Crippen LogP contribution in [0.3, 0.4) is 0 Å². The molecule has 0 aromatic heterocycles. The van der Waals surface area contributed by atoms with Crippen LogP contribution in [0.25, 0.3) is 0 Å². The number of hydrogen-bond donors (Lipinski definition) is 2. The number of amides is 2. The van der Waals surface area contributed by atoms with E-state index >= 15 is 0 Å². The zero-order valence-electron chi connectivity index (χ0n) is 10.2. The zero-order chi connectivity index (χ0) is 13.7. The van der Waals surface area contributed by atoms with Crippen LogP contribution in [0, 0.1) is 0 Å². The van der Waals surface area contributed by atoms with Crippen molar-refractivity contribution in [2.45, 2.75) is 6.92 Å². The molecule has 0 unspecified atom stereocenters. The van der Waals surface area contributed by atoms with E-state index in [1.165, 1.54) is 24.1 Å². The van der Waals surface area contributed by atoms with Gasteiger partial charge in [-0.1, -0.05) is 15.9 Å². The molecule has 1 aromatic rings. The van der Waals surface area contributed by atoms with Crippen molar-refractivity contribution in [3.63, 3.8) is 0 Å². The van der Waals surface area contributed by atoms with Gasteiger partial charge in [0.15, 0.2) is 0 Å². The van der Waals surface area contributed by atoms with Crippen LogP contribution in [-0.4, -0.2) is 42.0 Å². The minimum Gasteiger partial charge on any atom is -0.507 e. The number of nitrogens with zero attached hydrogens (tertiary/aromatic N) is 1. The number of halogens is 1. The minimum absolute atomic E-state index is 0.0300. The largest absolute Gasteiger partial charge is 0.507 e. The molecule has 0 heterocycles. The van der Waals surface area contributed by atoms with E-state index in [0.29, 0.717) is 11.0 Å². The highest BCUT2D eigenvalue weighted by Crippen LogP contribution is 2.23. The second kappa shape index (κ2) is 6.39. The van der Waals surface area contributed by atoms with E-state index in [-0.39, 0.29) is 29.7 Å². The van der Waals surface area contributed by atoms with Gasteiger partial charge in [0, 0.05) is 18.1 Å². The molecule has 0 atom stereocenters. The number of aromatic hydroxyl groups is 1. The molecule has 6 heteroatoms. The molecule has 0 aliphatic heterocycles. The van der Waals surface area contributed by atoms with Gasteiger partial charge in [-0.2, -0.15) is 0 Å². The molecule has 0 spiro atoms. The molecule has 5 nitrogen and oxygen atoms in total. The van der Waals surface area contributed by atoms with Crippen molar-refractivity contribution in [3.8, 4) is 5.75 Å². The number of carbonyl (C=O) groups excluding carboxylic acids is 2. The maximum absolute atomic E-state index is 12.2. The summed E-state index contributed by atoms with van der Waals surface area (Å²) < 4.78 is 0.694. The third-order valence-corrected chi connectivity index (χ3v) is 2.96. The summed E-state index contributed by atoms with van der Waals surface area (Å²) in [7, 11) is 1.51. The highest BCUT2D eigenvalue weighted by atomic mass is 79.9. The lowest BCUT2D eigenvalue weighted by Gasteiger charge is -2.20. The molecule has 0 aliphatic carbocycles. The Balaban J connectivity index is 2.96. The first-order valence-corrected chi connectivity index (χ1v) is 6.27. The Kier molecular flexibility index (Phi) is 5.15. The number of phenolic OH excluding ortho intramolecular Hbond substituents is 1. The van der Waals surface area contributed by atoms with Crippen LogP contribution in [0.5, 0.6) is 5.75 Å². The SMILES string of the molecule is CCN(CC(=O)NC)C(=O)c1cc(Br)ccc1O. The van der Waals surface area contributed by atoms with Gasteiger partial charge < -0.3 is 15.3 Å². The molecule has 1 aromatic carbocycles. The molecule has 0 radical (unpaired) electrons. The Morgan fingerprint density at radius 1 is 1.44 bits per heavy atom. The predicted molar refractivity (Wildman–Crippen MR) is 71.5 cm³/mol. The first kappa shape index (κ1) is 14.5. The van der Waals surface area contributed by atoms with Gasteiger partial charge in [0.25, 0.3) is 5.91 Å². The van der Waals surface area contributed by atoms with Crippen LogP contribution >= 0.6 is 15.9 Å². The number of phenols is 1. The van der Waals surface area contributed by atoms with E-state index in [9.17, 15) is 14.7 Å². The minimum atomic E-state index is -0.375. The van der Waals surface area contributed by atoms with E-state index < -0.39 is 0 Å². The summed E-state index contributed by atoms with van der Waals surface area (Å²) >= 11 is 3.24. The van der Waals surface area contributed by atoms with Crippen molar-refractivity contribution in [2.75, 3.05) is 20.1 Å². The Hall–Kier alpha value is -1.56. The summed E-state index contributed by atoms with van der Waals surface area (Å²) in [6.45, 7) is 2.13. The van der Waals surface area contributed by atoms with Gasteiger partial charge in [-0.25, -0.2) is 0 Å². The summed E-state index contributed by atoms with van der Waals surface area (Å²) in [6, 6.07) is 4.61. The number of nitrogens with one attached hydrogen (secondary N) is 1. The summed E-state index contributed by atoms with van der Waals surface area (Å²) in [5.74, 6) is -0.724. The van der Waals surface area contributed by atoms with Crippen molar-refractivity contribution in [2.24, 2.45) is 0 Å². The van der Waals surface area contributed by atoms with Crippen molar-refractivity contribution in [1.82, 2.24) is 10.2 Å². The summed E-state index contributed by atoms with van der Waals surface area (Å²) in [6.07, 6.45) is 0. The number of hydrogen-bond acceptors (Lipinski definition) is 3. The molecular weight excluding hydrogens is 300 g/mol. The Morgan fingerprint density at radius 2 is 2.11 bits per heavy atom. The fourth-order valence-electron chi connectivity index (χ4n) is 1.43. The first-order valence-electron chi connectivity index (χ1n) is 5.48. The number of likely N-dealkylation sites (N-methyl/N-ethyl adjacent to an activating group) is 2. The molecule has 2 amide bonds. The van der Waals surface area contributed by atoms with Crippen molar-refractivity contribution >= 4 is 27.7 Å². The molecule has 0 saturated carbocycles. The van der Waals surface area contributed by atoms with Gasteiger partial charge in [-0.3, -0.25) is 9.59 Å². The normalized spacial score (nSPS) is 9.94. The molecule has 18 heavy (non-hydrogen) atoms. The average Bonchev–Trinajstić information content (AvgIpc) is 2.37. The second-order valence-corrected chi connectivity index (χ2v) is 4.57. The number of rotatable bonds is 4. The molecule has 98 valence electrons. The molecule has 0 bridgehead atoms. The van der Waals surface area contributed by atoms with Crippen molar-refractivity contribution in [3.05, 3.63) is 28.2 Å². The fraction of sp³-hybridized carbons (Fsp3) is 0.333. The zero-order valence-corrected chi connectivity index (χ0v) is 11.8. The highest BCUT2D eigenvalue weighted by molar-refractivity contribution is 9.10. The van der Waals surface area contributed by atoms with Crippen LogP contribution in [0.1, 0.15) is 17.3 Å². The van der Waals surface area contributed by atoms with E-state index in [1.807, 2.05) is 0 Å². The maximum Gasteiger partial charge on any atom is 0.258 e. The Labute approximate surface area is 114 Å². The van der Waals surface area contributed by atoms with Crippen LogP contribution in [-0.2, 0) is 4.79 Å². The summed E-state index contributed by atoms with van der Waals surface area (Å²) in [5, 5.41) is 12.1. The Bertz CT molecular complexity index is 463. The van der Waals surface area contributed by atoms with Gasteiger partial charge in [-0.05, 0) is 25.1 Å². The van der Waals surface area contributed by atoms with E-state index in [1.54, 1.807) is 13.0 Å². The number of carbonyl (C=O) groups is 2. The molecule has 1 rings (SSSR count). The van der Waals surface area contributed by atoms with Gasteiger partial charge >= 0.3 is 0 Å². The van der Waals surface area contributed by atoms with Crippen LogP contribution in [0.2, 0.25) is 0 Å². The lowest BCUT2D eigenvalue weighted by Crippen LogP contribution is -2.39. The third-order valence-electron chi connectivity index (χ3n) is 2.47. The topological polar surface area (TPSA) is 69.6 Å². The van der Waals surface area contributed by atoms with Crippen LogP contribution < -0.4 is 5.32 Å². The quantitative estimate of drug-likeness (QED) is 0.881. The molecule has 0 aliphatic rings. The fourth-order valence-corrected chi connectivity index (χ4v) is 1.79. The molecular formula is C12H15BrN2O3. The van der Waals surface area contributed by atoms with E-state index in [2.05, 4.69) is 21.2 Å². The van der Waals surface area contributed by atoms with Crippen molar-refractivity contribution < 1.29 is 14.7 Å². The predicted octanol–water partition coefficient (Wildman–Crippen LogP) is 1.36. The average molecular weight is 315 g/mol. The van der Waals surface area contributed by atoms with Crippen molar-refractivity contribution in [1.29, 1.82) is 0 Å². The smallest absolute Gasteiger partial charge is 0.258 e. The summed E-state index contributed by atoms with van der Waals surface area (Å²) in [5.41, 5.74) is 0.176. The van der Waals surface area contributed by atoms with Gasteiger partial charge in [0.2, 0.25) is 5.91 Å². The monoisotopic (exact) mass is 314 g/mol. The standard InChI is InChI=1S/C12H15BrN2O3/c1-3-15(7-11(17)14-2)12(18)9-6-8(13)4-5-10(9)16/h4-6,16H,3,7H2,1-2H3,(H,14,17). The third kappa shape index (κ3) is 3.46. The van der Waals surface area contributed by atoms with Crippen LogP contribution in [0.4, 0.5) is 0 Å². The van der Waals surface area contributed by atoms with Gasteiger partial charge in [0.1, 0.15) is 5.75 Å². The summed E-state index contributed by atoms with van der Waals surface area (Å²) in [4.78, 5) is 24.8. The molecule has 2 N–H and O–H groups in total. The van der Waals surface area contributed by atoms with Gasteiger partial charge in [-0.15, -0.1) is 0 Å².